The lowest BCUT2D eigenvalue weighted by atomic mass is 10.0. The third-order valence-electron chi connectivity index (χ3n) is 1.96. The van der Waals surface area contributed by atoms with Gasteiger partial charge in [0.05, 0.1) is 6.04 Å². The molecule has 0 aromatic carbocycles. The van der Waals surface area contributed by atoms with E-state index in [4.69, 9.17) is 10.2 Å². The van der Waals surface area contributed by atoms with Crippen molar-refractivity contribution in [2.75, 3.05) is 6.61 Å². The fourth-order valence-corrected chi connectivity index (χ4v) is 1.41. The second-order valence-corrected chi connectivity index (χ2v) is 4.14. The lowest BCUT2D eigenvalue weighted by molar-refractivity contribution is 0.0753. The van der Waals surface area contributed by atoms with E-state index in [9.17, 15) is 4.79 Å². The number of hydrogen-bond donors (Lipinski definition) is 2. The Morgan fingerprint density at radius 3 is 2.29 bits per heavy atom. The van der Waals surface area contributed by atoms with Gasteiger partial charge in [0.2, 0.25) is 0 Å². The summed E-state index contributed by atoms with van der Waals surface area (Å²) in [4.78, 5) is 12.3. The minimum absolute atomic E-state index is 0.0451. The standard InChI is InChI=1S/C10H19NO3/c1-5-8(6-7-12)11(9(13)14)10(2,3)4/h5,8,12H,1,6-7H2,2-4H3,(H,13,14). The number of aliphatic hydroxyl groups excluding tert-OH is 1. The summed E-state index contributed by atoms with van der Waals surface area (Å²) in [6.07, 6.45) is 0.943. The molecule has 4 heteroatoms. The highest BCUT2D eigenvalue weighted by Gasteiger charge is 2.31. The Hall–Kier alpha value is -1.03. The molecular formula is C10H19NO3. The van der Waals surface area contributed by atoms with Crippen LogP contribution in [0.1, 0.15) is 27.2 Å². The molecule has 0 aliphatic carbocycles. The number of aliphatic hydroxyl groups is 1. The van der Waals surface area contributed by atoms with Crippen molar-refractivity contribution in [3.05, 3.63) is 12.7 Å². The second-order valence-electron chi connectivity index (χ2n) is 4.14. The van der Waals surface area contributed by atoms with Crippen molar-refractivity contribution in [3.63, 3.8) is 0 Å². The van der Waals surface area contributed by atoms with Gasteiger partial charge in [-0.05, 0) is 27.2 Å². The molecule has 0 heterocycles. The van der Waals surface area contributed by atoms with Crippen molar-refractivity contribution < 1.29 is 15.0 Å². The van der Waals surface area contributed by atoms with Crippen LogP contribution in [0.5, 0.6) is 0 Å². The first-order valence-electron chi connectivity index (χ1n) is 4.60. The minimum atomic E-state index is -0.990. The molecule has 0 aromatic heterocycles. The van der Waals surface area contributed by atoms with Gasteiger partial charge in [-0.2, -0.15) is 0 Å². The van der Waals surface area contributed by atoms with Gasteiger partial charge in [0.15, 0.2) is 0 Å². The molecule has 0 aliphatic rings. The number of rotatable bonds is 4. The molecule has 0 saturated carbocycles. The van der Waals surface area contributed by atoms with Crippen LogP contribution in [0, 0.1) is 0 Å². The maximum atomic E-state index is 11.0. The second kappa shape index (κ2) is 5.00. The van der Waals surface area contributed by atoms with Crippen molar-refractivity contribution >= 4 is 6.09 Å². The Bertz CT molecular complexity index is 208. The van der Waals surface area contributed by atoms with Crippen molar-refractivity contribution in [2.24, 2.45) is 0 Å². The van der Waals surface area contributed by atoms with Gasteiger partial charge in [-0.3, -0.25) is 4.90 Å². The van der Waals surface area contributed by atoms with Crippen LogP contribution in [0.3, 0.4) is 0 Å². The maximum absolute atomic E-state index is 11.0. The van der Waals surface area contributed by atoms with Crippen LogP contribution >= 0.6 is 0 Å². The Morgan fingerprint density at radius 1 is 1.57 bits per heavy atom. The molecule has 2 N–H and O–H groups in total. The zero-order valence-electron chi connectivity index (χ0n) is 9.03. The lowest BCUT2D eigenvalue weighted by Gasteiger charge is -2.38. The molecule has 0 fully saturated rings. The lowest BCUT2D eigenvalue weighted by Crippen LogP contribution is -2.50. The van der Waals surface area contributed by atoms with Gasteiger partial charge in [-0.15, -0.1) is 6.58 Å². The molecule has 0 bridgehead atoms. The molecular weight excluding hydrogens is 182 g/mol. The molecule has 1 atom stereocenters. The number of nitrogens with zero attached hydrogens (tertiary/aromatic N) is 1. The predicted molar refractivity (Wildman–Crippen MR) is 55.3 cm³/mol. The average molecular weight is 201 g/mol. The van der Waals surface area contributed by atoms with E-state index in [-0.39, 0.29) is 12.6 Å². The highest BCUT2D eigenvalue weighted by Crippen LogP contribution is 2.19. The Morgan fingerprint density at radius 2 is 2.07 bits per heavy atom. The van der Waals surface area contributed by atoms with Crippen LogP contribution in [-0.2, 0) is 0 Å². The van der Waals surface area contributed by atoms with Gasteiger partial charge in [-0.25, -0.2) is 4.79 Å². The molecule has 0 rings (SSSR count). The molecule has 0 aromatic rings. The zero-order chi connectivity index (χ0) is 11.4. The van der Waals surface area contributed by atoms with Gasteiger partial charge >= 0.3 is 6.09 Å². The fourth-order valence-electron chi connectivity index (χ4n) is 1.41. The molecule has 0 radical (unpaired) electrons. The third kappa shape index (κ3) is 3.38. The van der Waals surface area contributed by atoms with Gasteiger partial charge < -0.3 is 10.2 Å². The molecule has 82 valence electrons. The van der Waals surface area contributed by atoms with E-state index in [0.29, 0.717) is 6.42 Å². The summed E-state index contributed by atoms with van der Waals surface area (Å²) < 4.78 is 0. The highest BCUT2D eigenvalue weighted by molar-refractivity contribution is 5.66. The summed E-state index contributed by atoms with van der Waals surface area (Å²) in [5.74, 6) is 0. The summed E-state index contributed by atoms with van der Waals surface area (Å²) in [5, 5.41) is 17.8. The van der Waals surface area contributed by atoms with Gasteiger partial charge in [-0.1, -0.05) is 6.08 Å². The van der Waals surface area contributed by atoms with E-state index >= 15 is 0 Å². The number of amides is 1. The molecule has 1 amide bonds. The molecule has 14 heavy (non-hydrogen) atoms. The van der Waals surface area contributed by atoms with Crippen LogP contribution < -0.4 is 0 Å². The van der Waals surface area contributed by atoms with Crippen molar-refractivity contribution in [1.82, 2.24) is 4.90 Å². The zero-order valence-corrected chi connectivity index (χ0v) is 9.03. The van der Waals surface area contributed by atoms with Crippen molar-refractivity contribution in [1.29, 1.82) is 0 Å². The van der Waals surface area contributed by atoms with Gasteiger partial charge in [0, 0.05) is 12.1 Å². The van der Waals surface area contributed by atoms with E-state index in [1.54, 1.807) is 6.08 Å². The number of carboxylic acid groups (broad SMARTS) is 1. The Kier molecular flexibility index (Phi) is 4.63. The van der Waals surface area contributed by atoms with Gasteiger partial charge in [0.1, 0.15) is 0 Å². The van der Waals surface area contributed by atoms with Crippen molar-refractivity contribution in [3.8, 4) is 0 Å². The first-order chi connectivity index (χ1) is 6.34. The third-order valence-corrected chi connectivity index (χ3v) is 1.96. The van der Waals surface area contributed by atoms with Crippen LogP contribution in [0.25, 0.3) is 0 Å². The van der Waals surface area contributed by atoms with E-state index in [1.165, 1.54) is 4.90 Å². The number of hydrogen-bond acceptors (Lipinski definition) is 2. The fraction of sp³-hybridized carbons (Fsp3) is 0.700. The molecule has 0 saturated heterocycles. The van der Waals surface area contributed by atoms with Crippen LogP contribution in [0.4, 0.5) is 4.79 Å². The molecule has 0 spiro atoms. The first kappa shape index (κ1) is 13.0. The summed E-state index contributed by atoms with van der Waals surface area (Å²) in [5.41, 5.74) is -0.486. The molecule has 4 nitrogen and oxygen atoms in total. The molecule has 1 unspecified atom stereocenters. The quantitative estimate of drug-likeness (QED) is 0.680. The minimum Gasteiger partial charge on any atom is -0.465 e. The topological polar surface area (TPSA) is 60.8 Å². The van der Waals surface area contributed by atoms with E-state index in [1.807, 2.05) is 20.8 Å². The predicted octanol–water partition coefficient (Wildman–Crippen LogP) is 1.70. The van der Waals surface area contributed by atoms with E-state index < -0.39 is 11.6 Å². The average Bonchev–Trinajstić information content (AvgIpc) is 2.00. The van der Waals surface area contributed by atoms with Crippen LogP contribution in [0.2, 0.25) is 0 Å². The molecule has 0 aliphatic heterocycles. The highest BCUT2D eigenvalue weighted by atomic mass is 16.4. The number of carbonyl (C=O) groups is 1. The van der Waals surface area contributed by atoms with Crippen molar-refractivity contribution in [2.45, 2.75) is 38.8 Å². The van der Waals surface area contributed by atoms with Gasteiger partial charge in [0.25, 0.3) is 0 Å². The first-order valence-corrected chi connectivity index (χ1v) is 4.60. The summed E-state index contributed by atoms with van der Waals surface area (Å²) in [7, 11) is 0. The smallest absolute Gasteiger partial charge is 0.408 e. The normalized spacial score (nSPS) is 13.4. The van der Waals surface area contributed by atoms with Crippen LogP contribution in [-0.4, -0.2) is 39.4 Å². The largest absolute Gasteiger partial charge is 0.465 e. The summed E-state index contributed by atoms with van der Waals surface area (Å²) in [6.45, 7) is 8.98. The SMILES string of the molecule is C=CC(CCO)N(C(=O)O)C(C)(C)C. The van der Waals surface area contributed by atoms with Crippen LogP contribution in [0.15, 0.2) is 12.7 Å². The summed E-state index contributed by atoms with van der Waals surface area (Å²) >= 11 is 0. The Balaban J connectivity index is 4.79. The Labute approximate surface area is 84.8 Å². The summed E-state index contributed by atoms with van der Waals surface area (Å²) in [6, 6.07) is -0.336. The monoisotopic (exact) mass is 201 g/mol. The van der Waals surface area contributed by atoms with E-state index in [2.05, 4.69) is 6.58 Å². The van der Waals surface area contributed by atoms with E-state index in [0.717, 1.165) is 0 Å². The maximum Gasteiger partial charge on any atom is 0.408 e.